The summed E-state index contributed by atoms with van der Waals surface area (Å²) < 4.78 is 0. The number of aryl methyl sites for hydroxylation is 3. The van der Waals surface area contributed by atoms with Gasteiger partial charge in [-0.15, -0.1) is 0 Å². The van der Waals surface area contributed by atoms with E-state index in [-0.39, 0.29) is 0 Å². The molecule has 0 atom stereocenters. The van der Waals surface area contributed by atoms with Crippen molar-refractivity contribution in [1.29, 1.82) is 0 Å². The van der Waals surface area contributed by atoms with Crippen LogP contribution < -0.4 is 0 Å². The predicted molar refractivity (Wildman–Crippen MR) is 68.7 cm³/mol. The lowest BCUT2D eigenvalue weighted by Crippen LogP contribution is -2.01. The molecular formula is C14H17NO2. The van der Waals surface area contributed by atoms with Crippen molar-refractivity contribution in [3.05, 3.63) is 34.5 Å². The number of benzene rings is 1. The summed E-state index contributed by atoms with van der Waals surface area (Å²) in [7, 11) is 0. The monoisotopic (exact) mass is 231 g/mol. The third-order valence-corrected chi connectivity index (χ3v) is 3.25. The highest BCUT2D eigenvalue weighted by Crippen LogP contribution is 2.28. The van der Waals surface area contributed by atoms with Gasteiger partial charge in [0.2, 0.25) is 0 Å². The number of carboxylic acid groups (broad SMARTS) is 1. The number of aromatic carboxylic acids is 1. The summed E-state index contributed by atoms with van der Waals surface area (Å²) in [4.78, 5) is 14.5. The molecule has 2 aromatic rings. The Morgan fingerprint density at radius 3 is 2.71 bits per heavy atom. The van der Waals surface area contributed by atoms with Crippen molar-refractivity contribution in [2.45, 2.75) is 33.6 Å². The minimum atomic E-state index is -0.851. The topological polar surface area (TPSA) is 53.1 Å². The fourth-order valence-corrected chi connectivity index (χ4v) is 2.42. The molecule has 3 heteroatoms. The van der Waals surface area contributed by atoms with E-state index in [1.54, 1.807) is 6.07 Å². The number of aromatic amines is 1. The molecule has 0 aliphatic rings. The minimum Gasteiger partial charge on any atom is -0.478 e. The van der Waals surface area contributed by atoms with Crippen molar-refractivity contribution in [3.8, 4) is 0 Å². The Bertz CT molecular complexity index is 581. The number of fused-ring (bicyclic) bond motifs is 1. The second-order valence-electron chi connectivity index (χ2n) is 4.49. The van der Waals surface area contributed by atoms with E-state index >= 15 is 0 Å². The molecule has 0 fully saturated rings. The smallest absolute Gasteiger partial charge is 0.335 e. The second-order valence-corrected chi connectivity index (χ2v) is 4.49. The molecule has 1 aromatic carbocycles. The Morgan fingerprint density at radius 1 is 1.41 bits per heavy atom. The summed E-state index contributed by atoms with van der Waals surface area (Å²) in [5.41, 5.74) is 4.54. The summed E-state index contributed by atoms with van der Waals surface area (Å²) in [5, 5.41) is 10.3. The van der Waals surface area contributed by atoms with Crippen LogP contribution in [0.25, 0.3) is 10.9 Å². The average molecular weight is 231 g/mol. The molecule has 0 aliphatic carbocycles. The minimum absolute atomic E-state index is 0.409. The number of H-pyrrole nitrogens is 1. The molecule has 1 heterocycles. The van der Waals surface area contributed by atoms with Crippen LogP contribution in [0.15, 0.2) is 12.3 Å². The third kappa shape index (κ3) is 1.82. The van der Waals surface area contributed by atoms with Crippen LogP contribution in [0.2, 0.25) is 0 Å². The Labute approximate surface area is 100 Å². The normalized spacial score (nSPS) is 11.0. The number of carbonyl (C=O) groups is 1. The zero-order valence-corrected chi connectivity index (χ0v) is 10.4. The Kier molecular flexibility index (Phi) is 2.92. The van der Waals surface area contributed by atoms with Gasteiger partial charge in [0.1, 0.15) is 0 Å². The van der Waals surface area contributed by atoms with Crippen molar-refractivity contribution < 1.29 is 9.90 Å². The van der Waals surface area contributed by atoms with Crippen molar-refractivity contribution >= 4 is 16.9 Å². The summed E-state index contributed by atoms with van der Waals surface area (Å²) in [6.07, 6.45) is 4.03. The maximum atomic E-state index is 11.2. The SMILES string of the molecule is CCCc1c[nH]c2c(C)cc(C(=O)O)c(C)c12. The highest BCUT2D eigenvalue weighted by atomic mass is 16.4. The second kappa shape index (κ2) is 4.24. The zero-order chi connectivity index (χ0) is 12.6. The van der Waals surface area contributed by atoms with Gasteiger partial charge < -0.3 is 10.1 Å². The molecule has 17 heavy (non-hydrogen) atoms. The van der Waals surface area contributed by atoms with Crippen molar-refractivity contribution in [2.24, 2.45) is 0 Å². The lowest BCUT2D eigenvalue weighted by molar-refractivity contribution is 0.0696. The highest BCUT2D eigenvalue weighted by molar-refractivity contribution is 5.99. The molecule has 3 nitrogen and oxygen atoms in total. The van der Waals surface area contributed by atoms with Crippen LogP contribution in [-0.4, -0.2) is 16.1 Å². The first kappa shape index (κ1) is 11.7. The zero-order valence-electron chi connectivity index (χ0n) is 10.4. The van der Waals surface area contributed by atoms with E-state index in [4.69, 9.17) is 0 Å². The van der Waals surface area contributed by atoms with Gasteiger partial charge >= 0.3 is 5.97 Å². The standard InChI is InChI=1S/C14H17NO2/c1-4-5-10-7-15-13-8(2)6-11(14(16)17)9(3)12(10)13/h6-7,15H,4-5H2,1-3H3,(H,16,17). The third-order valence-electron chi connectivity index (χ3n) is 3.25. The molecular weight excluding hydrogens is 214 g/mol. The number of aromatic nitrogens is 1. The molecule has 0 unspecified atom stereocenters. The summed E-state index contributed by atoms with van der Waals surface area (Å²) in [5.74, 6) is -0.851. The Hall–Kier alpha value is -1.77. The summed E-state index contributed by atoms with van der Waals surface area (Å²) in [6.45, 7) is 5.96. The van der Waals surface area contributed by atoms with Gasteiger partial charge in [0, 0.05) is 17.1 Å². The average Bonchev–Trinajstić information content (AvgIpc) is 2.68. The van der Waals surface area contributed by atoms with Gasteiger partial charge in [-0.1, -0.05) is 13.3 Å². The van der Waals surface area contributed by atoms with Crippen molar-refractivity contribution in [1.82, 2.24) is 4.98 Å². The van der Waals surface area contributed by atoms with Crippen LogP contribution >= 0.6 is 0 Å². The van der Waals surface area contributed by atoms with Gasteiger partial charge in [0.15, 0.2) is 0 Å². The molecule has 0 saturated heterocycles. The molecule has 0 spiro atoms. The maximum absolute atomic E-state index is 11.2. The van der Waals surface area contributed by atoms with E-state index in [9.17, 15) is 9.90 Å². The first-order valence-electron chi connectivity index (χ1n) is 5.89. The molecule has 0 bridgehead atoms. The van der Waals surface area contributed by atoms with Gasteiger partial charge in [-0.25, -0.2) is 4.79 Å². The fraction of sp³-hybridized carbons (Fsp3) is 0.357. The number of nitrogens with one attached hydrogen (secondary N) is 1. The number of rotatable bonds is 3. The molecule has 1 aromatic heterocycles. The molecule has 2 rings (SSSR count). The predicted octanol–water partition coefficient (Wildman–Crippen LogP) is 3.44. The highest BCUT2D eigenvalue weighted by Gasteiger charge is 2.15. The van der Waals surface area contributed by atoms with E-state index in [0.717, 1.165) is 34.9 Å². The van der Waals surface area contributed by atoms with Gasteiger partial charge in [0.05, 0.1) is 5.56 Å². The van der Waals surface area contributed by atoms with Crippen LogP contribution in [0.1, 0.15) is 40.4 Å². The maximum Gasteiger partial charge on any atom is 0.335 e. The van der Waals surface area contributed by atoms with Crippen molar-refractivity contribution in [3.63, 3.8) is 0 Å². The fourth-order valence-electron chi connectivity index (χ4n) is 2.42. The van der Waals surface area contributed by atoms with E-state index in [1.165, 1.54) is 5.56 Å². The van der Waals surface area contributed by atoms with E-state index in [1.807, 2.05) is 20.0 Å². The lowest BCUT2D eigenvalue weighted by Gasteiger charge is -2.07. The van der Waals surface area contributed by atoms with Crippen LogP contribution in [-0.2, 0) is 6.42 Å². The van der Waals surface area contributed by atoms with E-state index < -0.39 is 5.97 Å². The summed E-state index contributed by atoms with van der Waals surface area (Å²) in [6, 6.07) is 1.74. The van der Waals surface area contributed by atoms with Crippen LogP contribution in [0.4, 0.5) is 0 Å². The van der Waals surface area contributed by atoms with Crippen molar-refractivity contribution in [2.75, 3.05) is 0 Å². The molecule has 0 radical (unpaired) electrons. The van der Waals surface area contributed by atoms with E-state index in [2.05, 4.69) is 11.9 Å². The Balaban J connectivity index is 2.79. The van der Waals surface area contributed by atoms with E-state index in [0.29, 0.717) is 5.56 Å². The molecule has 2 N–H and O–H groups in total. The molecule has 0 aliphatic heterocycles. The lowest BCUT2D eigenvalue weighted by atomic mass is 9.97. The van der Waals surface area contributed by atoms with Crippen LogP contribution in [0.5, 0.6) is 0 Å². The van der Waals surface area contributed by atoms with Gasteiger partial charge in [-0.3, -0.25) is 0 Å². The van der Waals surface area contributed by atoms with Crippen LogP contribution in [0.3, 0.4) is 0 Å². The van der Waals surface area contributed by atoms with Gasteiger partial charge in [-0.05, 0) is 43.0 Å². The van der Waals surface area contributed by atoms with Gasteiger partial charge in [0.25, 0.3) is 0 Å². The molecule has 90 valence electrons. The molecule has 0 saturated carbocycles. The van der Waals surface area contributed by atoms with Crippen LogP contribution in [0, 0.1) is 13.8 Å². The Morgan fingerprint density at radius 2 is 2.12 bits per heavy atom. The largest absolute Gasteiger partial charge is 0.478 e. The quantitative estimate of drug-likeness (QED) is 0.850. The molecule has 0 amide bonds. The van der Waals surface area contributed by atoms with Gasteiger partial charge in [-0.2, -0.15) is 0 Å². The first-order valence-corrected chi connectivity index (χ1v) is 5.89. The first-order chi connectivity index (χ1) is 8.06. The number of hydrogen-bond acceptors (Lipinski definition) is 1. The summed E-state index contributed by atoms with van der Waals surface area (Å²) >= 11 is 0. The number of hydrogen-bond donors (Lipinski definition) is 2. The number of carboxylic acids is 1.